The molecule has 0 spiro atoms. The maximum Gasteiger partial charge on any atom is 0.251 e. The monoisotopic (exact) mass is 233 g/mol. The van der Waals surface area contributed by atoms with Crippen LogP contribution in [0.5, 0.6) is 0 Å². The van der Waals surface area contributed by atoms with Gasteiger partial charge in [-0.3, -0.25) is 4.79 Å². The van der Waals surface area contributed by atoms with Crippen LogP contribution in [0.3, 0.4) is 0 Å². The van der Waals surface area contributed by atoms with E-state index in [-0.39, 0.29) is 17.8 Å². The molecule has 1 atom stereocenters. The van der Waals surface area contributed by atoms with Crippen molar-refractivity contribution in [3.05, 3.63) is 35.1 Å². The zero-order valence-corrected chi connectivity index (χ0v) is 10.1. The van der Waals surface area contributed by atoms with E-state index in [1.54, 1.807) is 6.92 Å². The average Bonchev–Trinajstić information content (AvgIpc) is 2.31. The van der Waals surface area contributed by atoms with Crippen LogP contribution in [0, 0.1) is 25.1 Å². The second-order valence-corrected chi connectivity index (χ2v) is 3.95. The molecule has 0 aromatic heterocycles. The molecule has 1 aromatic carbocycles. The summed E-state index contributed by atoms with van der Waals surface area (Å²) in [6, 6.07) is 4.28. The van der Waals surface area contributed by atoms with Crippen molar-refractivity contribution in [3.63, 3.8) is 0 Å². The third kappa shape index (κ3) is 3.60. The third-order valence-electron chi connectivity index (χ3n) is 2.61. The number of aryl methyl sites for hydroxylation is 1. The van der Waals surface area contributed by atoms with Gasteiger partial charge in [0.15, 0.2) is 0 Å². The molecular weight excluding hydrogens is 217 g/mol. The van der Waals surface area contributed by atoms with Gasteiger partial charge in [0.1, 0.15) is 5.82 Å². The molecule has 0 radical (unpaired) electrons. The van der Waals surface area contributed by atoms with Crippen LogP contribution in [0.1, 0.15) is 35.7 Å². The molecule has 0 fully saturated rings. The molecule has 0 heterocycles. The van der Waals surface area contributed by atoms with E-state index in [0.717, 1.165) is 6.42 Å². The van der Waals surface area contributed by atoms with E-state index in [4.69, 9.17) is 6.42 Å². The third-order valence-corrected chi connectivity index (χ3v) is 2.61. The van der Waals surface area contributed by atoms with Gasteiger partial charge in [0.2, 0.25) is 0 Å². The number of carbonyl (C=O) groups excluding carboxylic acids is 1. The number of amides is 1. The largest absolute Gasteiger partial charge is 0.348 e. The van der Waals surface area contributed by atoms with E-state index >= 15 is 0 Å². The normalized spacial score (nSPS) is 11.6. The lowest BCUT2D eigenvalue weighted by molar-refractivity contribution is 0.0936. The second kappa shape index (κ2) is 6.05. The zero-order valence-electron chi connectivity index (χ0n) is 10.1. The van der Waals surface area contributed by atoms with Crippen LogP contribution in [0.4, 0.5) is 4.39 Å². The Kier molecular flexibility index (Phi) is 4.71. The number of benzene rings is 1. The van der Waals surface area contributed by atoms with Gasteiger partial charge in [-0.2, -0.15) is 0 Å². The molecule has 1 amide bonds. The summed E-state index contributed by atoms with van der Waals surface area (Å²) in [4.78, 5) is 11.9. The van der Waals surface area contributed by atoms with Crippen molar-refractivity contribution >= 4 is 5.91 Å². The first-order valence-electron chi connectivity index (χ1n) is 5.59. The van der Waals surface area contributed by atoms with E-state index in [2.05, 4.69) is 11.2 Å². The maximum atomic E-state index is 13.1. The minimum Gasteiger partial charge on any atom is -0.348 e. The summed E-state index contributed by atoms with van der Waals surface area (Å²) < 4.78 is 13.1. The van der Waals surface area contributed by atoms with E-state index in [9.17, 15) is 9.18 Å². The molecule has 1 unspecified atom stereocenters. The summed E-state index contributed by atoms with van der Waals surface area (Å²) >= 11 is 0. The maximum absolute atomic E-state index is 13.1. The van der Waals surface area contributed by atoms with Gasteiger partial charge in [-0.05, 0) is 37.1 Å². The Morgan fingerprint density at radius 1 is 1.59 bits per heavy atom. The van der Waals surface area contributed by atoms with Crippen LogP contribution < -0.4 is 5.32 Å². The number of halogens is 1. The van der Waals surface area contributed by atoms with Gasteiger partial charge in [-0.1, -0.05) is 6.92 Å². The summed E-state index contributed by atoms with van der Waals surface area (Å²) in [7, 11) is 0. The highest BCUT2D eigenvalue weighted by atomic mass is 19.1. The molecule has 3 heteroatoms. The molecule has 0 aliphatic rings. The fraction of sp³-hybridized carbons (Fsp3) is 0.357. The van der Waals surface area contributed by atoms with Crippen molar-refractivity contribution in [2.75, 3.05) is 0 Å². The SMILES string of the molecule is C#CCC(CC)NC(=O)c1ccc(F)c(C)c1. The average molecular weight is 233 g/mol. The van der Waals surface area contributed by atoms with E-state index in [1.165, 1.54) is 18.2 Å². The molecule has 1 N–H and O–H groups in total. The number of hydrogen-bond donors (Lipinski definition) is 1. The number of nitrogens with one attached hydrogen (secondary N) is 1. The lowest BCUT2D eigenvalue weighted by Crippen LogP contribution is -2.34. The van der Waals surface area contributed by atoms with Crippen LogP contribution in [0.2, 0.25) is 0 Å². The Balaban J connectivity index is 2.76. The molecule has 0 aliphatic carbocycles. The van der Waals surface area contributed by atoms with E-state index in [1.807, 2.05) is 6.92 Å². The van der Waals surface area contributed by atoms with Crippen LogP contribution >= 0.6 is 0 Å². The first-order valence-corrected chi connectivity index (χ1v) is 5.59. The number of hydrogen-bond acceptors (Lipinski definition) is 1. The van der Waals surface area contributed by atoms with Crippen LogP contribution in [-0.4, -0.2) is 11.9 Å². The predicted molar refractivity (Wildman–Crippen MR) is 66.1 cm³/mol. The van der Waals surface area contributed by atoms with Crippen LogP contribution in [0.25, 0.3) is 0 Å². The quantitative estimate of drug-likeness (QED) is 0.796. The smallest absolute Gasteiger partial charge is 0.251 e. The number of terminal acetylenes is 1. The first kappa shape index (κ1) is 13.2. The summed E-state index contributed by atoms with van der Waals surface area (Å²) in [5.41, 5.74) is 0.919. The molecule has 0 bridgehead atoms. The second-order valence-electron chi connectivity index (χ2n) is 3.95. The van der Waals surface area contributed by atoms with Gasteiger partial charge in [0, 0.05) is 18.0 Å². The topological polar surface area (TPSA) is 29.1 Å². The summed E-state index contributed by atoms with van der Waals surface area (Å²) in [5.74, 6) is 2.00. The predicted octanol–water partition coefficient (Wildman–Crippen LogP) is 2.67. The Hall–Kier alpha value is -1.82. The summed E-state index contributed by atoms with van der Waals surface area (Å²) in [6.07, 6.45) is 6.49. The molecule has 0 aliphatic heterocycles. The zero-order chi connectivity index (χ0) is 12.8. The van der Waals surface area contributed by atoms with Gasteiger partial charge >= 0.3 is 0 Å². The van der Waals surface area contributed by atoms with E-state index in [0.29, 0.717) is 17.5 Å². The van der Waals surface area contributed by atoms with Crippen molar-refractivity contribution in [1.82, 2.24) is 5.32 Å². The lowest BCUT2D eigenvalue weighted by atomic mass is 10.1. The van der Waals surface area contributed by atoms with E-state index < -0.39 is 0 Å². The Bertz CT molecular complexity index is 448. The fourth-order valence-electron chi connectivity index (χ4n) is 1.49. The summed E-state index contributed by atoms with van der Waals surface area (Å²) in [6.45, 7) is 3.59. The number of carbonyl (C=O) groups is 1. The van der Waals surface area contributed by atoms with Gasteiger partial charge in [0.05, 0.1) is 0 Å². The standard InChI is InChI=1S/C14H16FNO/c1-4-6-12(5-2)16-14(17)11-7-8-13(15)10(3)9-11/h1,7-9,12H,5-6H2,2-3H3,(H,16,17). The fourth-order valence-corrected chi connectivity index (χ4v) is 1.49. The van der Waals surface area contributed by atoms with Crippen molar-refractivity contribution in [2.45, 2.75) is 32.7 Å². The highest BCUT2D eigenvalue weighted by molar-refractivity contribution is 5.94. The molecule has 17 heavy (non-hydrogen) atoms. The summed E-state index contributed by atoms with van der Waals surface area (Å²) in [5, 5.41) is 2.83. The Morgan fingerprint density at radius 3 is 2.82 bits per heavy atom. The van der Waals surface area contributed by atoms with Gasteiger partial charge in [0.25, 0.3) is 5.91 Å². The molecule has 0 saturated carbocycles. The van der Waals surface area contributed by atoms with Crippen molar-refractivity contribution in [2.24, 2.45) is 0 Å². The van der Waals surface area contributed by atoms with Crippen molar-refractivity contribution < 1.29 is 9.18 Å². The molecule has 1 aromatic rings. The highest BCUT2D eigenvalue weighted by Gasteiger charge is 2.12. The minimum atomic E-state index is -0.308. The van der Waals surface area contributed by atoms with Gasteiger partial charge in [-0.15, -0.1) is 12.3 Å². The minimum absolute atomic E-state index is 0.0298. The number of rotatable bonds is 4. The van der Waals surface area contributed by atoms with Crippen molar-refractivity contribution in [1.29, 1.82) is 0 Å². The van der Waals surface area contributed by atoms with Gasteiger partial charge in [-0.25, -0.2) is 4.39 Å². The Morgan fingerprint density at radius 2 is 2.29 bits per heavy atom. The van der Waals surface area contributed by atoms with Gasteiger partial charge < -0.3 is 5.32 Å². The van der Waals surface area contributed by atoms with Crippen LogP contribution in [0.15, 0.2) is 18.2 Å². The van der Waals surface area contributed by atoms with Crippen LogP contribution in [-0.2, 0) is 0 Å². The molecule has 0 saturated heterocycles. The van der Waals surface area contributed by atoms with Crippen molar-refractivity contribution in [3.8, 4) is 12.3 Å². The molecule has 2 nitrogen and oxygen atoms in total. The molecular formula is C14H16FNO. The first-order chi connectivity index (χ1) is 8.08. The molecule has 1 rings (SSSR count). The Labute approximate surface area is 101 Å². The highest BCUT2D eigenvalue weighted by Crippen LogP contribution is 2.10. The molecule has 90 valence electrons. The lowest BCUT2D eigenvalue weighted by Gasteiger charge is -2.14.